The van der Waals surface area contributed by atoms with E-state index in [2.05, 4.69) is 12.2 Å². The molecule has 19 heavy (non-hydrogen) atoms. The van der Waals surface area contributed by atoms with Crippen molar-refractivity contribution in [1.82, 2.24) is 5.32 Å². The Bertz CT molecular complexity index is 240. The molecule has 1 rings (SSSR count). The van der Waals surface area contributed by atoms with Crippen molar-refractivity contribution < 1.29 is 9.53 Å². The fraction of sp³-hybridized carbons (Fsp3) is 0.933. The molecular formula is C15H30N2O2. The minimum absolute atomic E-state index is 0.135. The lowest BCUT2D eigenvalue weighted by Gasteiger charge is -2.22. The lowest BCUT2D eigenvalue weighted by atomic mass is 9.98. The monoisotopic (exact) mass is 270 g/mol. The van der Waals surface area contributed by atoms with Gasteiger partial charge in [0.25, 0.3) is 0 Å². The van der Waals surface area contributed by atoms with Crippen LogP contribution in [0.25, 0.3) is 0 Å². The van der Waals surface area contributed by atoms with Crippen LogP contribution < -0.4 is 11.1 Å². The van der Waals surface area contributed by atoms with Gasteiger partial charge in [0.05, 0.1) is 12.7 Å². The molecule has 0 spiro atoms. The van der Waals surface area contributed by atoms with E-state index in [1.165, 1.54) is 32.1 Å². The number of ether oxygens (including phenoxy) is 1. The normalized spacial score (nSPS) is 18.2. The Kier molecular flexibility index (Phi) is 8.84. The summed E-state index contributed by atoms with van der Waals surface area (Å²) in [4.78, 5) is 11.6. The summed E-state index contributed by atoms with van der Waals surface area (Å²) in [5.41, 5.74) is 5.49. The standard InChI is InChI=1S/C15H30N2O2/c1-13(9-10-16)7-8-15(18)17-11-12-19-14-5-3-2-4-6-14/h13-14H,2-12,16H2,1H3,(H,17,18). The van der Waals surface area contributed by atoms with Gasteiger partial charge in [-0.15, -0.1) is 0 Å². The fourth-order valence-electron chi connectivity index (χ4n) is 2.54. The molecule has 1 saturated carbocycles. The van der Waals surface area contributed by atoms with Crippen LogP contribution in [0.4, 0.5) is 0 Å². The van der Waals surface area contributed by atoms with Crippen molar-refractivity contribution in [3.63, 3.8) is 0 Å². The number of nitrogens with one attached hydrogen (secondary N) is 1. The van der Waals surface area contributed by atoms with E-state index in [9.17, 15) is 4.79 Å². The van der Waals surface area contributed by atoms with Crippen LogP contribution in [0.3, 0.4) is 0 Å². The minimum Gasteiger partial charge on any atom is -0.376 e. The molecule has 1 atom stereocenters. The zero-order valence-corrected chi connectivity index (χ0v) is 12.3. The van der Waals surface area contributed by atoms with Crippen LogP contribution in [-0.4, -0.2) is 31.7 Å². The third kappa shape index (κ3) is 8.22. The Morgan fingerprint density at radius 3 is 2.74 bits per heavy atom. The van der Waals surface area contributed by atoms with Gasteiger partial charge in [0, 0.05) is 13.0 Å². The quantitative estimate of drug-likeness (QED) is 0.631. The van der Waals surface area contributed by atoms with Crippen LogP contribution in [0.5, 0.6) is 0 Å². The first-order valence-electron chi connectivity index (χ1n) is 7.80. The van der Waals surface area contributed by atoms with Crippen molar-refractivity contribution >= 4 is 5.91 Å². The summed E-state index contributed by atoms with van der Waals surface area (Å²) in [6.45, 7) is 4.14. The molecule has 0 radical (unpaired) electrons. The number of carbonyl (C=O) groups is 1. The molecule has 0 aliphatic heterocycles. The van der Waals surface area contributed by atoms with E-state index in [1.54, 1.807) is 0 Å². The molecule has 1 amide bonds. The molecule has 0 bridgehead atoms. The van der Waals surface area contributed by atoms with E-state index < -0.39 is 0 Å². The molecule has 0 aromatic carbocycles. The zero-order valence-electron chi connectivity index (χ0n) is 12.3. The molecule has 1 fully saturated rings. The average Bonchev–Trinajstić information content (AvgIpc) is 2.43. The Morgan fingerprint density at radius 1 is 1.32 bits per heavy atom. The Balaban J connectivity index is 1.94. The SMILES string of the molecule is CC(CCN)CCC(=O)NCCOC1CCCCC1. The minimum atomic E-state index is 0.135. The molecule has 0 saturated heterocycles. The average molecular weight is 270 g/mol. The molecular weight excluding hydrogens is 240 g/mol. The van der Waals surface area contributed by atoms with Crippen molar-refractivity contribution in [2.45, 2.75) is 64.4 Å². The van der Waals surface area contributed by atoms with E-state index in [4.69, 9.17) is 10.5 Å². The smallest absolute Gasteiger partial charge is 0.220 e. The second kappa shape index (κ2) is 10.2. The van der Waals surface area contributed by atoms with Crippen LogP contribution in [0.1, 0.15) is 58.3 Å². The van der Waals surface area contributed by atoms with E-state index in [-0.39, 0.29) is 5.91 Å². The van der Waals surface area contributed by atoms with Gasteiger partial charge < -0.3 is 15.8 Å². The topological polar surface area (TPSA) is 64.4 Å². The van der Waals surface area contributed by atoms with Gasteiger partial charge >= 0.3 is 0 Å². The van der Waals surface area contributed by atoms with E-state index in [0.29, 0.717) is 38.1 Å². The third-order valence-electron chi connectivity index (χ3n) is 3.85. The second-order valence-corrected chi connectivity index (χ2v) is 5.70. The van der Waals surface area contributed by atoms with Crippen molar-refractivity contribution in [1.29, 1.82) is 0 Å². The molecule has 0 aromatic rings. The number of hydrogen-bond acceptors (Lipinski definition) is 3. The van der Waals surface area contributed by atoms with Gasteiger partial charge in [0.1, 0.15) is 0 Å². The Morgan fingerprint density at radius 2 is 2.05 bits per heavy atom. The van der Waals surface area contributed by atoms with Gasteiger partial charge in [-0.1, -0.05) is 26.2 Å². The van der Waals surface area contributed by atoms with Gasteiger partial charge in [-0.05, 0) is 38.1 Å². The third-order valence-corrected chi connectivity index (χ3v) is 3.85. The van der Waals surface area contributed by atoms with E-state index in [1.807, 2.05) is 0 Å². The molecule has 0 aromatic heterocycles. The number of rotatable bonds is 9. The molecule has 3 N–H and O–H groups in total. The van der Waals surface area contributed by atoms with Crippen LogP contribution in [-0.2, 0) is 9.53 Å². The highest BCUT2D eigenvalue weighted by Crippen LogP contribution is 2.19. The predicted octanol–water partition coefficient (Wildman–Crippen LogP) is 2.22. The van der Waals surface area contributed by atoms with Crippen molar-refractivity contribution in [2.75, 3.05) is 19.7 Å². The van der Waals surface area contributed by atoms with Crippen LogP contribution >= 0.6 is 0 Å². The first-order valence-corrected chi connectivity index (χ1v) is 7.80. The lowest BCUT2D eigenvalue weighted by Crippen LogP contribution is -2.29. The van der Waals surface area contributed by atoms with Crippen molar-refractivity contribution in [3.8, 4) is 0 Å². The fourth-order valence-corrected chi connectivity index (χ4v) is 2.54. The largest absolute Gasteiger partial charge is 0.376 e. The number of nitrogens with two attached hydrogens (primary N) is 1. The summed E-state index contributed by atoms with van der Waals surface area (Å²) in [7, 11) is 0. The summed E-state index contributed by atoms with van der Waals surface area (Å²) in [6.07, 6.45) is 9.24. The predicted molar refractivity (Wildman–Crippen MR) is 77.9 cm³/mol. The first-order chi connectivity index (χ1) is 9.22. The van der Waals surface area contributed by atoms with Crippen LogP contribution in [0.15, 0.2) is 0 Å². The highest BCUT2D eigenvalue weighted by Gasteiger charge is 2.13. The molecule has 1 aliphatic carbocycles. The highest BCUT2D eigenvalue weighted by molar-refractivity contribution is 5.75. The summed E-state index contributed by atoms with van der Waals surface area (Å²) in [6, 6.07) is 0. The number of carbonyl (C=O) groups excluding carboxylic acids is 1. The summed E-state index contributed by atoms with van der Waals surface area (Å²) < 4.78 is 5.77. The molecule has 4 heteroatoms. The van der Waals surface area contributed by atoms with Gasteiger partial charge in [-0.2, -0.15) is 0 Å². The van der Waals surface area contributed by atoms with Gasteiger partial charge in [0.15, 0.2) is 0 Å². The summed E-state index contributed by atoms with van der Waals surface area (Å²) in [5.74, 6) is 0.672. The summed E-state index contributed by atoms with van der Waals surface area (Å²) in [5, 5.41) is 2.92. The molecule has 1 unspecified atom stereocenters. The number of amides is 1. The number of hydrogen-bond donors (Lipinski definition) is 2. The molecule has 112 valence electrons. The molecule has 0 heterocycles. The van der Waals surface area contributed by atoms with Gasteiger partial charge in [-0.25, -0.2) is 0 Å². The van der Waals surface area contributed by atoms with Gasteiger partial charge in [0.2, 0.25) is 5.91 Å². The van der Waals surface area contributed by atoms with E-state index >= 15 is 0 Å². The molecule has 1 aliphatic rings. The zero-order chi connectivity index (χ0) is 13.9. The van der Waals surface area contributed by atoms with Crippen LogP contribution in [0, 0.1) is 5.92 Å². The first kappa shape index (κ1) is 16.4. The molecule has 4 nitrogen and oxygen atoms in total. The maximum Gasteiger partial charge on any atom is 0.220 e. The summed E-state index contributed by atoms with van der Waals surface area (Å²) >= 11 is 0. The second-order valence-electron chi connectivity index (χ2n) is 5.70. The lowest BCUT2D eigenvalue weighted by molar-refractivity contribution is -0.121. The highest BCUT2D eigenvalue weighted by atomic mass is 16.5. The van der Waals surface area contributed by atoms with Gasteiger partial charge in [-0.3, -0.25) is 4.79 Å². The van der Waals surface area contributed by atoms with Crippen molar-refractivity contribution in [3.05, 3.63) is 0 Å². The maximum atomic E-state index is 11.6. The van der Waals surface area contributed by atoms with Crippen LogP contribution in [0.2, 0.25) is 0 Å². The maximum absolute atomic E-state index is 11.6. The Hall–Kier alpha value is -0.610. The Labute approximate surface area is 117 Å². The van der Waals surface area contributed by atoms with E-state index in [0.717, 1.165) is 12.8 Å². The van der Waals surface area contributed by atoms with Crippen molar-refractivity contribution in [2.24, 2.45) is 11.7 Å².